The Morgan fingerprint density at radius 2 is 1.97 bits per heavy atom. The maximum Gasteiger partial charge on any atom is 0.191 e. The van der Waals surface area contributed by atoms with Gasteiger partial charge in [-0.3, -0.25) is 4.99 Å². The summed E-state index contributed by atoms with van der Waals surface area (Å²) in [6.07, 6.45) is 4.32. The van der Waals surface area contributed by atoms with Crippen molar-refractivity contribution in [3.8, 4) is 5.75 Å². The van der Waals surface area contributed by atoms with Crippen LogP contribution in [0.3, 0.4) is 0 Å². The lowest BCUT2D eigenvalue weighted by atomic mass is 10.1. The van der Waals surface area contributed by atoms with Gasteiger partial charge in [-0.05, 0) is 45.2 Å². The van der Waals surface area contributed by atoms with E-state index < -0.39 is 0 Å². The first-order valence-corrected chi connectivity index (χ1v) is 10.1. The third-order valence-electron chi connectivity index (χ3n) is 4.75. The maximum absolute atomic E-state index is 6.02. The molecular formula is C22H35IN4O2. The average molecular weight is 514 g/mol. The molecule has 0 atom stereocenters. The number of aliphatic imine (C=N–C) groups is 1. The van der Waals surface area contributed by atoms with E-state index in [1.54, 1.807) is 7.05 Å². The monoisotopic (exact) mass is 514 g/mol. The first kappa shape index (κ1) is 25.3. The first-order valence-electron chi connectivity index (χ1n) is 10.1. The fourth-order valence-electron chi connectivity index (χ4n) is 3.04. The molecular weight excluding hydrogens is 479 g/mol. The Morgan fingerprint density at radius 1 is 1.17 bits per heavy atom. The van der Waals surface area contributed by atoms with E-state index >= 15 is 0 Å². The minimum absolute atomic E-state index is 0. The largest absolute Gasteiger partial charge is 0.493 e. The van der Waals surface area contributed by atoms with Gasteiger partial charge in [-0.15, -0.1) is 24.0 Å². The summed E-state index contributed by atoms with van der Waals surface area (Å²) < 4.78 is 11.2. The zero-order valence-corrected chi connectivity index (χ0v) is 20.6. The topological polar surface area (TPSA) is 71.7 Å². The minimum Gasteiger partial charge on any atom is -0.493 e. The summed E-state index contributed by atoms with van der Waals surface area (Å²) in [5.74, 6) is 2.60. The fourth-order valence-corrected chi connectivity index (χ4v) is 3.04. The van der Waals surface area contributed by atoms with Gasteiger partial charge in [0.15, 0.2) is 5.96 Å². The first-order chi connectivity index (χ1) is 13.5. The number of unbranched alkanes of at least 4 members (excludes halogenated alkanes) is 2. The van der Waals surface area contributed by atoms with Gasteiger partial charge in [0.25, 0.3) is 0 Å². The van der Waals surface area contributed by atoms with Gasteiger partial charge in [-0.2, -0.15) is 0 Å². The van der Waals surface area contributed by atoms with Crippen LogP contribution in [0.15, 0.2) is 27.7 Å². The van der Waals surface area contributed by atoms with Crippen LogP contribution in [0, 0.1) is 20.8 Å². The smallest absolute Gasteiger partial charge is 0.191 e. The van der Waals surface area contributed by atoms with E-state index in [4.69, 9.17) is 9.26 Å². The summed E-state index contributed by atoms with van der Waals surface area (Å²) in [6, 6.07) is 6.34. The number of aromatic nitrogens is 1. The zero-order chi connectivity index (χ0) is 20.4. The number of aryl methyl sites for hydroxylation is 3. The molecule has 0 amide bonds. The Bertz CT molecular complexity index is 755. The SMILES string of the molecule is CCCCCOc1cc(C)ccc1CNC(=NC)NCCc1c(C)noc1C.I. The molecule has 2 aromatic rings. The second-order valence-corrected chi connectivity index (χ2v) is 7.07. The van der Waals surface area contributed by atoms with E-state index in [2.05, 4.69) is 52.8 Å². The van der Waals surface area contributed by atoms with Crippen molar-refractivity contribution < 1.29 is 9.26 Å². The number of guanidine groups is 1. The van der Waals surface area contributed by atoms with Gasteiger partial charge < -0.3 is 19.9 Å². The summed E-state index contributed by atoms with van der Waals surface area (Å²) in [5.41, 5.74) is 4.45. The third-order valence-corrected chi connectivity index (χ3v) is 4.75. The molecule has 0 radical (unpaired) electrons. The highest BCUT2D eigenvalue weighted by molar-refractivity contribution is 14.0. The number of hydrogen-bond donors (Lipinski definition) is 2. The molecule has 0 saturated carbocycles. The molecule has 0 saturated heterocycles. The van der Waals surface area contributed by atoms with Crippen LogP contribution in [0.25, 0.3) is 0 Å². The zero-order valence-electron chi connectivity index (χ0n) is 18.3. The minimum atomic E-state index is 0. The molecule has 162 valence electrons. The van der Waals surface area contributed by atoms with Crippen molar-refractivity contribution in [3.05, 3.63) is 46.3 Å². The molecule has 1 heterocycles. The van der Waals surface area contributed by atoms with Gasteiger partial charge in [0.05, 0.1) is 12.3 Å². The lowest BCUT2D eigenvalue weighted by Gasteiger charge is -2.15. The van der Waals surface area contributed by atoms with Gasteiger partial charge in [0, 0.05) is 31.3 Å². The molecule has 0 fully saturated rings. The Morgan fingerprint density at radius 3 is 2.62 bits per heavy atom. The van der Waals surface area contributed by atoms with Crippen LogP contribution in [0.4, 0.5) is 0 Å². The van der Waals surface area contributed by atoms with Gasteiger partial charge >= 0.3 is 0 Å². The predicted molar refractivity (Wildman–Crippen MR) is 129 cm³/mol. The third kappa shape index (κ3) is 8.24. The Balaban J connectivity index is 0.00000420. The molecule has 0 aliphatic rings. The molecule has 2 N–H and O–H groups in total. The fraction of sp³-hybridized carbons (Fsp3) is 0.545. The van der Waals surface area contributed by atoms with Gasteiger partial charge in [-0.1, -0.05) is 37.1 Å². The quantitative estimate of drug-likeness (QED) is 0.208. The molecule has 6 nitrogen and oxygen atoms in total. The van der Waals surface area contributed by atoms with E-state index in [-0.39, 0.29) is 24.0 Å². The Kier molecular flexibility index (Phi) is 11.7. The second kappa shape index (κ2) is 13.5. The summed E-state index contributed by atoms with van der Waals surface area (Å²) in [7, 11) is 1.78. The predicted octanol–water partition coefficient (Wildman–Crippen LogP) is 4.69. The number of nitrogens with zero attached hydrogens (tertiary/aromatic N) is 2. The molecule has 1 aromatic heterocycles. The molecule has 0 spiro atoms. The van der Waals surface area contributed by atoms with Gasteiger partial charge in [0.2, 0.25) is 0 Å². The summed E-state index contributed by atoms with van der Waals surface area (Å²) in [5, 5.41) is 10.7. The highest BCUT2D eigenvalue weighted by Gasteiger charge is 2.09. The number of nitrogens with one attached hydrogen (secondary N) is 2. The van der Waals surface area contributed by atoms with E-state index in [0.29, 0.717) is 6.54 Å². The number of benzene rings is 1. The van der Waals surface area contributed by atoms with Crippen molar-refractivity contribution in [3.63, 3.8) is 0 Å². The Labute approximate surface area is 191 Å². The molecule has 29 heavy (non-hydrogen) atoms. The van der Waals surface area contributed by atoms with Gasteiger partial charge in [-0.25, -0.2) is 0 Å². The number of halogens is 1. The van der Waals surface area contributed by atoms with Crippen LogP contribution >= 0.6 is 24.0 Å². The molecule has 2 rings (SSSR count). The van der Waals surface area contributed by atoms with Crippen LogP contribution in [-0.4, -0.2) is 31.3 Å². The van der Waals surface area contributed by atoms with E-state index in [0.717, 1.165) is 60.3 Å². The van der Waals surface area contributed by atoms with Crippen molar-refractivity contribution in [1.29, 1.82) is 0 Å². The van der Waals surface area contributed by atoms with E-state index in [1.165, 1.54) is 18.4 Å². The number of ether oxygens (including phenoxy) is 1. The van der Waals surface area contributed by atoms with Crippen LogP contribution < -0.4 is 15.4 Å². The van der Waals surface area contributed by atoms with Crippen molar-refractivity contribution >= 4 is 29.9 Å². The van der Waals surface area contributed by atoms with Gasteiger partial charge in [0.1, 0.15) is 11.5 Å². The second-order valence-electron chi connectivity index (χ2n) is 7.07. The maximum atomic E-state index is 6.02. The number of rotatable bonds is 10. The van der Waals surface area contributed by atoms with Crippen LogP contribution in [0.5, 0.6) is 5.75 Å². The molecule has 0 aliphatic heterocycles. The van der Waals surface area contributed by atoms with Crippen LogP contribution in [-0.2, 0) is 13.0 Å². The van der Waals surface area contributed by atoms with Crippen molar-refractivity contribution in [1.82, 2.24) is 15.8 Å². The molecule has 0 bridgehead atoms. The van der Waals surface area contributed by atoms with Crippen molar-refractivity contribution in [2.75, 3.05) is 20.2 Å². The highest BCUT2D eigenvalue weighted by Crippen LogP contribution is 2.21. The average Bonchev–Trinajstić information content (AvgIpc) is 3.01. The van der Waals surface area contributed by atoms with Crippen molar-refractivity contribution in [2.24, 2.45) is 4.99 Å². The lowest BCUT2D eigenvalue weighted by molar-refractivity contribution is 0.303. The van der Waals surface area contributed by atoms with Crippen LogP contribution in [0.2, 0.25) is 0 Å². The summed E-state index contributed by atoms with van der Waals surface area (Å²) >= 11 is 0. The number of hydrogen-bond acceptors (Lipinski definition) is 4. The molecule has 0 unspecified atom stereocenters. The Hall–Kier alpha value is -1.77. The standard InChI is InChI=1S/C22H34N4O2.HI/c1-6-7-8-13-27-21-14-16(2)9-10-19(21)15-25-22(23-5)24-12-11-20-17(3)26-28-18(20)4;/h9-10,14H,6-8,11-13,15H2,1-5H3,(H2,23,24,25);1H. The van der Waals surface area contributed by atoms with Crippen molar-refractivity contribution in [2.45, 2.75) is 59.9 Å². The van der Waals surface area contributed by atoms with E-state index in [9.17, 15) is 0 Å². The molecule has 0 aliphatic carbocycles. The lowest BCUT2D eigenvalue weighted by Crippen LogP contribution is -2.38. The molecule has 1 aromatic carbocycles. The summed E-state index contributed by atoms with van der Waals surface area (Å²) in [6.45, 7) is 10.4. The normalized spacial score (nSPS) is 11.1. The molecule has 7 heteroatoms. The van der Waals surface area contributed by atoms with E-state index in [1.807, 2.05) is 13.8 Å². The summed E-state index contributed by atoms with van der Waals surface area (Å²) in [4.78, 5) is 4.32. The highest BCUT2D eigenvalue weighted by atomic mass is 127. The van der Waals surface area contributed by atoms with Crippen LogP contribution in [0.1, 0.15) is 54.3 Å².